The molecule has 26 heavy (non-hydrogen) atoms. The molecule has 1 atom stereocenters. The van der Waals surface area contributed by atoms with Crippen LogP contribution in [0.5, 0.6) is 0 Å². The molecule has 0 saturated carbocycles. The molecule has 3 rings (SSSR count). The van der Waals surface area contributed by atoms with Crippen molar-refractivity contribution in [2.75, 3.05) is 19.6 Å². The topological polar surface area (TPSA) is 67.2 Å². The number of likely N-dealkylation sites (N-methyl/N-ethyl adjacent to an activating group) is 1. The molecule has 1 aliphatic rings. The van der Waals surface area contributed by atoms with Gasteiger partial charge in [0.1, 0.15) is 0 Å². The fourth-order valence-corrected chi connectivity index (χ4v) is 3.74. The Morgan fingerprint density at radius 1 is 1.31 bits per heavy atom. The van der Waals surface area contributed by atoms with E-state index in [9.17, 15) is 9.59 Å². The first kappa shape index (κ1) is 18.6. The van der Waals surface area contributed by atoms with Gasteiger partial charge in [-0.05, 0) is 45.8 Å². The molecule has 6 heteroatoms. The SMILES string of the molecule is CCN1CCCC1CNC(=O)Cc1nn(C(C)C)c(=O)c2ccccc12. The highest BCUT2D eigenvalue weighted by Crippen LogP contribution is 2.17. The van der Waals surface area contributed by atoms with Gasteiger partial charge in [-0.3, -0.25) is 14.5 Å². The van der Waals surface area contributed by atoms with E-state index in [0.717, 1.165) is 24.9 Å². The molecule has 0 radical (unpaired) electrons. The highest BCUT2D eigenvalue weighted by molar-refractivity contribution is 5.88. The minimum absolute atomic E-state index is 0.0421. The van der Waals surface area contributed by atoms with Crippen molar-refractivity contribution < 1.29 is 4.79 Å². The highest BCUT2D eigenvalue weighted by Gasteiger charge is 2.23. The van der Waals surface area contributed by atoms with Crippen molar-refractivity contribution in [2.45, 2.75) is 52.1 Å². The first-order valence-electron chi connectivity index (χ1n) is 9.52. The number of carbonyl (C=O) groups excluding carboxylic acids is 1. The monoisotopic (exact) mass is 356 g/mol. The van der Waals surface area contributed by atoms with E-state index in [2.05, 4.69) is 22.2 Å². The van der Waals surface area contributed by atoms with Crippen molar-refractivity contribution in [3.63, 3.8) is 0 Å². The van der Waals surface area contributed by atoms with Crippen LogP contribution in [0.2, 0.25) is 0 Å². The zero-order chi connectivity index (χ0) is 18.7. The van der Waals surface area contributed by atoms with Gasteiger partial charge in [-0.2, -0.15) is 5.10 Å². The van der Waals surface area contributed by atoms with Crippen LogP contribution in [0.15, 0.2) is 29.1 Å². The summed E-state index contributed by atoms with van der Waals surface area (Å²) in [6.07, 6.45) is 2.51. The number of likely N-dealkylation sites (tertiary alicyclic amines) is 1. The summed E-state index contributed by atoms with van der Waals surface area (Å²) in [5, 5.41) is 8.92. The van der Waals surface area contributed by atoms with Crippen molar-refractivity contribution in [2.24, 2.45) is 0 Å². The van der Waals surface area contributed by atoms with E-state index in [-0.39, 0.29) is 23.9 Å². The highest BCUT2D eigenvalue weighted by atomic mass is 16.1. The van der Waals surface area contributed by atoms with Crippen LogP contribution in [0.4, 0.5) is 0 Å². The van der Waals surface area contributed by atoms with Crippen LogP contribution in [0, 0.1) is 0 Å². The van der Waals surface area contributed by atoms with E-state index in [0.29, 0.717) is 23.7 Å². The van der Waals surface area contributed by atoms with Gasteiger partial charge >= 0.3 is 0 Å². The average Bonchev–Trinajstić information content (AvgIpc) is 3.09. The van der Waals surface area contributed by atoms with Crippen LogP contribution in [0.3, 0.4) is 0 Å². The molecule has 0 aliphatic carbocycles. The molecule has 0 bridgehead atoms. The zero-order valence-corrected chi connectivity index (χ0v) is 15.9. The van der Waals surface area contributed by atoms with Gasteiger partial charge in [0.2, 0.25) is 5.91 Å². The zero-order valence-electron chi connectivity index (χ0n) is 15.9. The Balaban J connectivity index is 1.78. The molecule has 1 saturated heterocycles. The number of carbonyl (C=O) groups is 1. The van der Waals surface area contributed by atoms with E-state index in [1.165, 1.54) is 11.1 Å². The lowest BCUT2D eigenvalue weighted by Gasteiger charge is -2.23. The summed E-state index contributed by atoms with van der Waals surface area (Å²) in [6, 6.07) is 7.77. The molecule has 140 valence electrons. The van der Waals surface area contributed by atoms with E-state index in [4.69, 9.17) is 0 Å². The van der Waals surface area contributed by atoms with Gasteiger partial charge < -0.3 is 5.32 Å². The Kier molecular flexibility index (Phi) is 5.71. The summed E-state index contributed by atoms with van der Waals surface area (Å²) in [5.41, 5.74) is 0.550. The molecular weight excluding hydrogens is 328 g/mol. The fourth-order valence-electron chi connectivity index (χ4n) is 3.74. The second kappa shape index (κ2) is 7.99. The predicted molar refractivity (Wildman–Crippen MR) is 103 cm³/mol. The number of benzene rings is 1. The molecular formula is C20H28N4O2. The van der Waals surface area contributed by atoms with Crippen LogP contribution in [-0.4, -0.2) is 46.3 Å². The number of hydrogen-bond donors (Lipinski definition) is 1. The number of nitrogens with zero attached hydrogens (tertiary/aromatic N) is 3. The molecule has 1 unspecified atom stereocenters. The summed E-state index contributed by atoms with van der Waals surface area (Å²) in [4.78, 5) is 27.5. The van der Waals surface area contributed by atoms with Crippen LogP contribution < -0.4 is 10.9 Å². The predicted octanol–water partition coefficient (Wildman–Crippen LogP) is 2.12. The minimum Gasteiger partial charge on any atom is -0.354 e. The standard InChI is InChI=1S/C20H28N4O2/c1-4-23-11-7-8-15(23)13-21-19(25)12-18-16-9-5-6-10-17(16)20(26)24(22-18)14(2)3/h5-6,9-10,14-15H,4,7-8,11-13H2,1-3H3,(H,21,25). The first-order chi connectivity index (χ1) is 12.5. The van der Waals surface area contributed by atoms with Gasteiger partial charge in [0.25, 0.3) is 5.56 Å². The van der Waals surface area contributed by atoms with Crippen molar-refractivity contribution in [3.05, 3.63) is 40.3 Å². The fraction of sp³-hybridized carbons (Fsp3) is 0.550. The summed E-state index contributed by atoms with van der Waals surface area (Å²) < 4.78 is 1.47. The summed E-state index contributed by atoms with van der Waals surface area (Å²) in [6.45, 7) is 8.81. The van der Waals surface area contributed by atoms with Gasteiger partial charge in [-0.25, -0.2) is 4.68 Å². The van der Waals surface area contributed by atoms with E-state index >= 15 is 0 Å². The van der Waals surface area contributed by atoms with Gasteiger partial charge in [-0.1, -0.05) is 25.1 Å². The number of hydrogen-bond acceptors (Lipinski definition) is 4. The quantitative estimate of drug-likeness (QED) is 0.861. The second-order valence-electron chi connectivity index (χ2n) is 7.24. The molecule has 1 fully saturated rings. The third-order valence-electron chi connectivity index (χ3n) is 5.16. The van der Waals surface area contributed by atoms with Crippen LogP contribution in [0.1, 0.15) is 45.3 Å². The Labute approximate surface area is 154 Å². The molecule has 6 nitrogen and oxygen atoms in total. The van der Waals surface area contributed by atoms with Gasteiger partial charge in [0.05, 0.1) is 23.5 Å². The lowest BCUT2D eigenvalue weighted by atomic mass is 10.1. The molecule has 1 aromatic heterocycles. The van der Waals surface area contributed by atoms with Crippen molar-refractivity contribution in [1.29, 1.82) is 0 Å². The van der Waals surface area contributed by atoms with Crippen LogP contribution >= 0.6 is 0 Å². The second-order valence-corrected chi connectivity index (χ2v) is 7.24. The molecule has 2 aromatic rings. The lowest BCUT2D eigenvalue weighted by molar-refractivity contribution is -0.120. The molecule has 1 amide bonds. The smallest absolute Gasteiger partial charge is 0.274 e. The Morgan fingerprint density at radius 2 is 2.04 bits per heavy atom. The maximum atomic E-state index is 12.6. The summed E-state index contributed by atoms with van der Waals surface area (Å²) >= 11 is 0. The first-order valence-corrected chi connectivity index (χ1v) is 9.52. The van der Waals surface area contributed by atoms with E-state index in [1.807, 2.05) is 32.0 Å². The Morgan fingerprint density at radius 3 is 2.73 bits per heavy atom. The number of rotatable bonds is 6. The summed E-state index contributed by atoms with van der Waals surface area (Å²) in [5.74, 6) is -0.0421. The molecule has 1 aliphatic heterocycles. The van der Waals surface area contributed by atoms with E-state index in [1.54, 1.807) is 6.07 Å². The largest absolute Gasteiger partial charge is 0.354 e. The summed E-state index contributed by atoms with van der Waals surface area (Å²) in [7, 11) is 0. The van der Waals surface area contributed by atoms with Crippen molar-refractivity contribution in [1.82, 2.24) is 20.0 Å². The van der Waals surface area contributed by atoms with E-state index < -0.39 is 0 Å². The maximum absolute atomic E-state index is 12.6. The molecule has 0 spiro atoms. The number of fused-ring (bicyclic) bond motifs is 1. The molecule has 1 aromatic carbocycles. The van der Waals surface area contributed by atoms with Crippen molar-refractivity contribution >= 4 is 16.7 Å². The van der Waals surface area contributed by atoms with Crippen molar-refractivity contribution in [3.8, 4) is 0 Å². The van der Waals surface area contributed by atoms with Gasteiger partial charge in [-0.15, -0.1) is 0 Å². The molecule has 1 N–H and O–H groups in total. The van der Waals surface area contributed by atoms with Gasteiger partial charge in [0, 0.05) is 18.0 Å². The average molecular weight is 356 g/mol. The third kappa shape index (κ3) is 3.80. The minimum atomic E-state index is -0.107. The lowest BCUT2D eigenvalue weighted by Crippen LogP contribution is -2.40. The normalized spacial score (nSPS) is 17.9. The number of amides is 1. The number of aromatic nitrogens is 2. The molecule has 2 heterocycles. The van der Waals surface area contributed by atoms with Crippen LogP contribution in [-0.2, 0) is 11.2 Å². The third-order valence-corrected chi connectivity index (χ3v) is 5.16. The number of nitrogens with one attached hydrogen (secondary N) is 1. The van der Waals surface area contributed by atoms with Gasteiger partial charge in [0.15, 0.2) is 0 Å². The van der Waals surface area contributed by atoms with Crippen LogP contribution in [0.25, 0.3) is 10.8 Å². The Hall–Kier alpha value is -2.21. The Bertz CT molecular complexity index is 843. The maximum Gasteiger partial charge on any atom is 0.274 e.